The van der Waals surface area contributed by atoms with Gasteiger partial charge >= 0.3 is 0 Å². The highest BCUT2D eigenvalue weighted by Gasteiger charge is 2.49. The standard InChI is InChI=1S/C31H35NO10/c1-4-15-11-32-12-18(15)16-7-5-6-8-20(34)23-14(2)9-17-19(13-33)21(40-3)10-22(24(17)26(23)36)41-31-29(39)27(37)28(38)30(42-31)25(16)35/h9-12,16,25,27-33,35-39H,4,7-8,13H2,1-3H3. The van der Waals surface area contributed by atoms with Gasteiger partial charge in [0.25, 0.3) is 0 Å². The first-order chi connectivity index (χ1) is 20.1. The molecule has 2 aromatic carbocycles. The Morgan fingerprint density at radius 2 is 1.83 bits per heavy atom. The number of H-pyrrole nitrogens is 1. The first kappa shape index (κ1) is 29.8. The van der Waals surface area contributed by atoms with Crippen molar-refractivity contribution in [2.45, 2.75) is 82.4 Å². The molecule has 0 radical (unpaired) electrons. The molecule has 2 aliphatic rings. The Labute approximate surface area is 242 Å². The number of aromatic hydroxyl groups is 1. The van der Waals surface area contributed by atoms with Crippen LogP contribution in [0.2, 0.25) is 0 Å². The number of ether oxygens (including phenoxy) is 3. The fraction of sp³-hybridized carbons (Fsp3) is 0.452. The number of hydrogen-bond donors (Lipinski definition) is 7. The van der Waals surface area contributed by atoms with Crippen molar-refractivity contribution < 1.29 is 49.6 Å². The number of ketones is 1. The lowest BCUT2D eigenvalue weighted by atomic mass is 9.82. The third-order valence-corrected chi connectivity index (χ3v) is 8.23. The van der Waals surface area contributed by atoms with E-state index < -0.39 is 60.9 Å². The first-order valence-electron chi connectivity index (χ1n) is 13.8. The predicted octanol–water partition coefficient (Wildman–Crippen LogP) is 1.56. The summed E-state index contributed by atoms with van der Waals surface area (Å²) < 4.78 is 17.5. The van der Waals surface area contributed by atoms with Gasteiger partial charge in [-0.3, -0.25) is 4.79 Å². The van der Waals surface area contributed by atoms with E-state index in [0.717, 1.165) is 11.1 Å². The number of nitrogens with one attached hydrogen (secondary N) is 1. The maximum Gasteiger partial charge on any atom is 0.229 e. The van der Waals surface area contributed by atoms with Crippen molar-refractivity contribution in [3.8, 4) is 29.1 Å². The van der Waals surface area contributed by atoms with Crippen LogP contribution in [0.25, 0.3) is 10.8 Å². The van der Waals surface area contributed by atoms with Crippen LogP contribution in [-0.4, -0.2) is 85.3 Å². The maximum absolute atomic E-state index is 13.4. The van der Waals surface area contributed by atoms with Crippen LogP contribution in [0, 0.1) is 18.8 Å². The van der Waals surface area contributed by atoms with Gasteiger partial charge in [-0.2, -0.15) is 0 Å². The Balaban J connectivity index is 1.72. The van der Waals surface area contributed by atoms with Crippen LogP contribution >= 0.6 is 0 Å². The summed E-state index contributed by atoms with van der Waals surface area (Å²) in [6.45, 7) is 3.14. The van der Waals surface area contributed by atoms with Crippen LogP contribution in [0.3, 0.4) is 0 Å². The lowest BCUT2D eigenvalue weighted by Gasteiger charge is -2.43. The Kier molecular flexibility index (Phi) is 8.48. The number of fused-ring (bicyclic) bond motifs is 3. The molecule has 7 N–H and O–H groups in total. The van der Waals surface area contributed by atoms with Gasteiger partial charge in [-0.15, -0.1) is 5.92 Å². The molecule has 0 saturated carbocycles. The van der Waals surface area contributed by atoms with Crippen LogP contribution in [0.15, 0.2) is 24.5 Å². The minimum absolute atomic E-state index is 0.0134. The Bertz CT molecular complexity index is 1550. The van der Waals surface area contributed by atoms with Crippen molar-refractivity contribution in [1.29, 1.82) is 0 Å². The number of carbonyl (C=O) groups is 1. The Hall–Kier alpha value is -3.63. The molecule has 2 aliphatic heterocycles. The third kappa shape index (κ3) is 5.00. The number of carbonyl (C=O) groups excluding carboxylic acids is 1. The highest BCUT2D eigenvalue weighted by molar-refractivity contribution is 6.09. The average molecular weight is 582 g/mol. The van der Waals surface area contributed by atoms with E-state index in [1.807, 2.05) is 6.92 Å². The van der Waals surface area contributed by atoms with Crippen LogP contribution in [0.1, 0.15) is 58.3 Å². The highest BCUT2D eigenvalue weighted by atomic mass is 16.7. The second-order valence-corrected chi connectivity index (χ2v) is 10.7. The lowest BCUT2D eigenvalue weighted by Crippen LogP contribution is -2.62. The van der Waals surface area contributed by atoms with E-state index in [0.29, 0.717) is 22.9 Å². The summed E-state index contributed by atoms with van der Waals surface area (Å²) >= 11 is 0. The van der Waals surface area contributed by atoms with Crippen molar-refractivity contribution in [1.82, 2.24) is 4.98 Å². The van der Waals surface area contributed by atoms with E-state index in [4.69, 9.17) is 14.2 Å². The van der Waals surface area contributed by atoms with Crippen molar-refractivity contribution in [3.63, 3.8) is 0 Å². The first-order valence-corrected chi connectivity index (χ1v) is 13.8. The molecule has 1 saturated heterocycles. The van der Waals surface area contributed by atoms with E-state index in [1.54, 1.807) is 25.4 Å². The summed E-state index contributed by atoms with van der Waals surface area (Å²) in [6.07, 6.45) is -5.63. The SMILES string of the molecule is CCc1c[nH]cc1C1CC#CCC(=O)c2c(C)cc3c(CO)c(OC)cc(c3c2O)OC2OC(C1O)C(O)C(O)C2O. The summed E-state index contributed by atoms with van der Waals surface area (Å²) in [5.41, 5.74) is 2.41. The molecule has 7 atom stereocenters. The predicted molar refractivity (Wildman–Crippen MR) is 150 cm³/mol. The molecule has 11 heteroatoms. The third-order valence-electron chi connectivity index (χ3n) is 8.23. The largest absolute Gasteiger partial charge is 0.506 e. The van der Waals surface area contributed by atoms with Crippen LogP contribution in [0.4, 0.5) is 0 Å². The summed E-state index contributed by atoms with van der Waals surface area (Å²) in [4.78, 5) is 16.4. The number of aromatic nitrogens is 1. The number of aliphatic hydroxyl groups excluding tert-OH is 5. The minimum Gasteiger partial charge on any atom is -0.506 e. The van der Waals surface area contributed by atoms with Gasteiger partial charge in [0.05, 0.1) is 37.2 Å². The number of aliphatic hydroxyl groups is 5. The fourth-order valence-corrected chi connectivity index (χ4v) is 5.98. The summed E-state index contributed by atoms with van der Waals surface area (Å²) in [5, 5.41) is 66.2. The van der Waals surface area contributed by atoms with Crippen LogP contribution < -0.4 is 9.47 Å². The molecular formula is C31H35NO10. The molecule has 7 unspecified atom stereocenters. The molecular weight excluding hydrogens is 546 g/mol. The zero-order valence-electron chi connectivity index (χ0n) is 23.5. The normalized spacial score (nSPS) is 28.0. The number of aromatic amines is 1. The molecule has 3 heterocycles. The second-order valence-electron chi connectivity index (χ2n) is 10.7. The highest BCUT2D eigenvalue weighted by Crippen LogP contribution is 2.45. The van der Waals surface area contributed by atoms with Gasteiger partial charge in [0.2, 0.25) is 6.29 Å². The Morgan fingerprint density at radius 3 is 2.52 bits per heavy atom. The molecule has 1 aromatic heterocycles. The fourth-order valence-electron chi connectivity index (χ4n) is 5.98. The topological polar surface area (TPSA) is 182 Å². The lowest BCUT2D eigenvalue weighted by molar-refractivity contribution is -0.289. The van der Waals surface area contributed by atoms with Gasteiger partial charge in [-0.25, -0.2) is 0 Å². The summed E-state index contributed by atoms with van der Waals surface area (Å²) in [7, 11) is 1.38. The molecule has 42 heavy (non-hydrogen) atoms. The molecule has 0 spiro atoms. The van der Waals surface area contributed by atoms with E-state index in [-0.39, 0.29) is 35.3 Å². The van der Waals surface area contributed by atoms with E-state index in [1.165, 1.54) is 13.2 Å². The monoisotopic (exact) mass is 581 g/mol. The van der Waals surface area contributed by atoms with Crippen molar-refractivity contribution in [2.24, 2.45) is 0 Å². The quantitative estimate of drug-likeness (QED) is 0.223. The van der Waals surface area contributed by atoms with Crippen LogP contribution in [-0.2, 0) is 17.8 Å². The number of Topliss-reactive ketones (excluding diaryl/α,β-unsaturated/α-hetero) is 1. The van der Waals surface area contributed by atoms with E-state index >= 15 is 0 Å². The van der Waals surface area contributed by atoms with Gasteiger partial charge in [0, 0.05) is 36.4 Å². The molecule has 11 nitrogen and oxygen atoms in total. The zero-order valence-corrected chi connectivity index (χ0v) is 23.5. The average Bonchev–Trinajstić information content (AvgIpc) is 3.44. The van der Waals surface area contributed by atoms with Crippen molar-refractivity contribution in [3.05, 3.63) is 52.3 Å². The smallest absolute Gasteiger partial charge is 0.229 e. The molecule has 3 aromatic rings. The molecule has 224 valence electrons. The van der Waals surface area contributed by atoms with Crippen molar-refractivity contribution in [2.75, 3.05) is 7.11 Å². The van der Waals surface area contributed by atoms with Gasteiger partial charge in [0.1, 0.15) is 41.7 Å². The van der Waals surface area contributed by atoms with Gasteiger partial charge in [-0.1, -0.05) is 12.8 Å². The zero-order chi connectivity index (χ0) is 30.3. The van der Waals surface area contributed by atoms with Gasteiger partial charge in [-0.05, 0) is 41.5 Å². The Morgan fingerprint density at radius 1 is 1.07 bits per heavy atom. The molecule has 1 fully saturated rings. The minimum atomic E-state index is -1.76. The molecule has 0 amide bonds. The maximum atomic E-state index is 13.4. The molecule has 5 rings (SSSR count). The molecule has 4 bridgehead atoms. The van der Waals surface area contributed by atoms with Crippen LogP contribution in [0.5, 0.6) is 17.2 Å². The number of methoxy groups -OCH3 is 1. The van der Waals surface area contributed by atoms with E-state index in [9.17, 15) is 35.4 Å². The molecule has 0 aliphatic carbocycles. The van der Waals surface area contributed by atoms with Gasteiger partial charge < -0.3 is 49.8 Å². The number of phenols is 1. The summed E-state index contributed by atoms with van der Waals surface area (Å²) in [5.74, 6) is 4.36. The van der Waals surface area contributed by atoms with E-state index in [2.05, 4.69) is 16.8 Å². The summed E-state index contributed by atoms with van der Waals surface area (Å²) in [6, 6.07) is 2.98. The number of benzene rings is 2. The number of rotatable bonds is 4. The second kappa shape index (κ2) is 11.9. The van der Waals surface area contributed by atoms with Crippen molar-refractivity contribution >= 4 is 16.6 Å². The van der Waals surface area contributed by atoms with Gasteiger partial charge in [0.15, 0.2) is 5.78 Å². The number of hydrogen-bond acceptors (Lipinski definition) is 10. The number of phenolic OH excluding ortho intramolecular Hbond substituents is 1. The number of aryl methyl sites for hydroxylation is 2.